The van der Waals surface area contributed by atoms with Crippen LogP contribution in [0.1, 0.15) is 37.7 Å². The molecule has 1 aliphatic carbocycles. The predicted octanol–water partition coefficient (Wildman–Crippen LogP) is 3.17. The predicted molar refractivity (Wildman–Crippen MR) is 67.4 cm³/mol. The van der Waals surface area contributed by atoms with Crippen LogP contribution in [-0.4, -0.2) is 16.9 Å². The lowest BCUT2D eigenvalue weighted by atomic mass is 9.82. The van der Waals surface area contributed by atoms with E-state index < -0.39 is 5.92 Å². The summed E-state index contributed by atoms with van der Waals surface area (Å²) in [7, 11) is 0. The molecule has 2 N–H and O–H groups in total. The van der Waals surface area contributed by atoms with Crippen LogP contribution in [0.4, 0.5) is 8.78 Å². The number of nitrogens with zero attached hydrogens (tertiary/aromatic N) is 1. The monoisotopic (exact) mass is 254 g/mol. The number of pyridine rings is 1. The number of hydrogen-bond acceptors (Lipinski definition) is 2. The maximum absolute atomic E-state index is 13.3. The zero-order chi connectivity index (χ0) is 13.0. The Hall–Kier alpha value is -1.03. The minimum absolute atomic E-state index is 0.00768. The van der Waals surface area contributed by atoms with Gasteiger partial charge in [-0.05, 0) is 43.2 Å². The van der Waals surface area contributed by atoms with Crippen LogP contribution in [0.25, 0.3) is 0 Å². The third kappa shape index (κ3) is 4.02. The van der Waals surface area contributed by atoms with Crippen molar-refractivity contribution in [2.45, 2.75) is 50.5 Å². The Morgan fingerprint density at radius 2 is 2.33 bits per heavy atom. The molecule has 1 fully saturated rings. The van der Waals surface area contributed by atoms with E-state index >= 15 is 0 Å². The summed E-state index contributed by atoms with van der Waals surface area (Å²) in [6.45, 7) is 0. The number of halogens is 2. The van der Waals surface area contributed by atoms with Crippen LogP contribution in [-0.2, 0) is 6.42 Å². The molecule has 0 saturated heterocycles. The van der Waals surface area contributed by atoms with Gasteiger partial charge in [-0.2, -0.15) is 0 Å². The highest BCUT2D eigenvalue weighted by atomic mass is 19.3. The zero-order valence-corrected chi connectivity index (χ0v) is 10.5. The number of hydrogen-bond donors (Lipinski definition) is 1. The summed E-state index contributed by atoms with van der Waals surface area (Å²) >= 11 is 0. The maximum Gasteiger partial charge on any atom is 0.248 e. The summed E-state index contributed by atoms with van der Waals surface area (Å²) in [6, 6.07) is 3.80. The van der Waals surface area contributed by atoms with Crippen LogP contribution < -0.4 is 5.73 Å². The zero-order valence-electron chi connectivity index (χ0n) is 10.5. The van der Waals surface area contributed by atoms with Crippen LogP contribution in [0.2, 0.25) is 0 Å². The third-order valence-electron chi connectivity index (χ3n) is 3.60. The van der Waals surface area contributed by atoms with Crippen molar-refractivity contribution in [1.82, 2.24) is 4.98 Å². The molecule has 2 atom stereocenters. The maximum atomic E-state index is 13.3. The standard InChI is InChI=1S/C14H20F2N2/c15-14(16)5-1-3-11(9-14)7-13(17)8-12-4-2-6-18-10-12/h2,4,6,10-11,13H,1,3,5,7-9,17H2. The van der Waals surface area contributed by atoms with E-state index in [-0.39, 0.29) is 24.8 Å². The molecule has 1 heterocycles. The van der Waals surface area contributed by atoms with Crippen LogP contribution in [0.3, 0.4) is 0 Å². The molecule has 0 aromatic carbocycles. The van der Waals surface area contributed by atoms with E-state index in [1.54, 1.807) is 12.4 Å². The van der Waals surface area contributed by atoms with E-state index in [9.17, 15) is 8.78 Å². The summed E-state index contributed by atoms with van der Waals surface area (Å²) < 4.78 is 26.6. The van der Waals surface area contributed by atoms with Crippen LogP contribution in [0.5, 0.6) is 0 Å². The van der Waals surface area contributed by atoms with Crippen molar-refractivity contribution in [2.75, 3.05) is 0 Å². The molecule has 2 nitrogen and oxygen atoms in total. The molecule has 0 radical (unpaired) electrons. The first kappa shape index (κ1) is 13.4. The van der Waals surface area contributed by atoms with Gasteiger partial charge in [0.15, 0.2) is 0 Å². The van der Waals surface area contributed by atoms with Crippen molar-refractivity contribution in [3.8, 4) is 0 Å². The highest BCUT2D eigenvalue weighted by molar-refractivity contribution is 5.10. The first-order valence-electron chi connectivity index (χ1n) is 6.57. The van der Waals surface area contributed by atoms with Gasteiger partial charge < -0.3 is 5.73 Å². The second kappa shape index (κ2) is 5.74. The lowest BCUT2D eigenvalue weighted by molar-refractivity contribution is -0.0542. The molecule has 100 valence electrons. The van der Waals surface area contributed by atoms with E-state index in [4.69, 9.17) is 5.73 Å². The molecule has 1 aromatic heterocycles. The van der Waals surface area contributed by atoms with E-state index in [0.29, 0.717) is 12.8 Å². The lowest BCUT2D eigenvalue weighted by Crippen LogP contribution is -2.32. The molecule has 1 aromatic rings. The van der Waals surface area contributed by atoms with Crippen molar-refractivity contribution in [3.05, 3.63) is 30.1 Å². The van der Waals surface area contributed by atoms with E-state index in [0.717, 1.165) is 18.4 Å². The largest absolute Gasteiger partial charge is 0.327 e. The number of nitrogens with two attached hydrogens (primary N) is 1. The molecule has 4 heteroatoms. The van der Waals surface area contributed by atoms with Gasteiger partial charge in [-0.25, -0.2) is 8.78 Å². The van der Waals surface area contributed by atoms with Gasteiger partial charge in [0.25, 0.3) is 0 Å². The SMILES string of the molecule is NC(Cc1cccnc1)CC1CCCC(F)(F)C1. The topological polar surface area (TPSA) is 38.9 Å². The van der Waals surface area contributed by atoms with Gasteiger partial charge in [-0.15, -0.1) is 0 Å². The van der Waals surface area contributed by atoms with Crippen molar-refractivity contribution < 1.29 is 8.78 Å². The number of alkyl halides is 2. The highest BCUT2D eigenvalue weighted by Gasteiger charge is 2.36. The fourth-order valence-corrected chi connectivity index (χ4v) is 2.81. The Bertz CT molecular complexity index is 367. The Balaban J connectivity index is 1.82. The first-order chi connectivity index (χ1) is 8.55. The van der Waals surface area contributed by atoms with Crippen LogP contribution >= 0.6 is 0 Å². The molecule has 0 aliphatic heterocycles. The number of rotatable bonds is 4. The Labute approximate surface area is 107 Å². The van der Waals surface area contributed by atoms with Crippen LogP contribution in [0.15, 0.2) is 24.5 Å². The summed E-state index contributed by atoms with van der Waals surface area (Å²) in [6.07, 6.45) is 6.47. The summed E-state index contributed by atoms with van der Waals surface area (Å²) in [5.41, 5.74) is 7.13. The molecule has 0 amide bonds. The first-order valence-corrected chi connectivity index (χ1v) is 6.57. The minimum Gasteiger partial charge on any atom is -0.327 e. The van der Waals surface area contributed by atoms with Gasteiger partial charge in [0, 0.05) is 31.3 Å². The van der Waals surface area contributed by atoms with Crippen molar-refractivity contribution in [3.63, 3.8) is 0 Å². The third-order valence-corrected chi connectivity index (χ3v) is 3.60. The average molecular weight is 254 g/mol. The normalized spacial score (nSPS) is 24.7. The van der Waals surface area contributed by atoms with Gasteiger partial charge in [0.05, 0.1) is 0 Å². The summed E-state index contributed by atoms with van der Waals surface area (Å²) in [5.74, 6) is -2.41. The number of aromatic nitrogens is 1. The second-order valence-corrected chi connectivity index (χ2v) is 5.38. The van der Waals surface area contributed by atoms with E-state index in [1.807, 2.05) is 12.1 Å². The molecule has 1 saturated carbocycles. The fourth-order valence-electron chi connectivity index (χ4n) is 2.81. The molecule has 2 unspecified atom stereocenters. The highest BCUT2D eigenvalue weighted by Crippen LogP contribution is 2.38. The van der Waals surface area contributed by atoms with Crippen molar-refractivity contribution in [2.24, 2.45) is 11.7 Å². The fraction of sp³-hybridized carbons (Fsp3) is 0.643. The van der Waals surface area contributed by atoms with Crippen molar-refractivity contribution >= 4 is 0 Å². The average Bonchev–Trinajstić information content (AvgIpc) is 2.28. The van der Waals surface area contributed by atoms with Gasteiger partial charge in [-0.3, -0.25) is 4.98 Å². The molecular weight excluding hydrogens is 234 g/mol. The summed E-state index contributed by atoms with van der Waals surface area (Å²) in [4.78, 5) is 4.03. The quantitative estimate of drug-likeness (QED) is 0.896. The molecular formula is C14H20F2N2. The Morgan fingerprint density at radius 1 is 1.50 bits per heavy atom. The molecule has 18 heavy (non-hydrogen) atoms. The van der Waals surface area contributed by atoms with Gasteiger partial charge >= 0.3 is 0 Å². The van der Waals surface area contributed by atoms with E-state index in [2.05, 4.69) is 4.98 Å². The Morgan fingerprint density at radius 3 is 3.00 bits per heavy atom. The van der Waals surface area contributed by atoms with E-state index in [1.165, 1.54) is 0 Å². The van der Waals surface area contributed by atoms with Crippen molar-refractivity contribution in [1.29, 1.82) is 0 Å². The minimum atomic E-state index is -2.48. The van der Waals surface area contributed by atoms with Crippen LogP contribution in [0, 0.1) is 5.92 Å². The smallest absolute Gasteiger partial charge is 0.248 e. The molecule has 0 spiro atoms. The second-order valence-electron chi connectivity index (χ2n) is 5.38. The summed E-state index contributed by atoms with van der Waals surface area (Å²) in [5, 5.41) is 0. The molecule has 1 aliphatic rings. The van der Waals surface area contributed by atoms with Gasteiger partial charge in [-0.1, -0.05) is 6.07 Å². The lowest BCUT2D eigenvalue weighted by Gasteiger charge is -2.30. The van der Waals surface area contributed by atoms with Gasteiger partial charge in [0.1, 0.15) is 0 Å². The Kier molecular flexibility index (Phi) is 4.27. The molecule has 2 rings (SSSR count). The van der Waals surface area contributed by atoms with Gasteiger partial charge in [0.2, 0.25) is 5.92 Å². The molecule has 0 bridgehead atoms.